The van der Waals surface area contributed by atoms with Gasteiger partial charge in [-0.3, -0.25) is 9.59 Å². The molecule has 170 valence electrons. The Kier molecular flexibility index (Phi) is 6.18. The van der Waals surface area contributed by atoms with Gasteiger partial charge in [0.05, 0.1) is 17.0 Å². The Labute approximate surface area is 199 Å². The van der Waals surface area contributed by atoms with Crippen molar-refractivity contribution >= 4 is 28.8 Å². The zero-order chi connectivity index (χ0) is 23.9. The molecule has 1 atom stereocenters. The summed E-state index contributed by atoms with van der Waals surface area (Å²) in [7, 11) is 3.48. The predicted octanol–water partition coefficient (Wildman–Crippen LogP) is 3.74. The highest BCUT2D eigenvalue weighted by Gasteiger charge is 2.25. The van der Waals surface area contributed by atoms with Crippen LogP contribution in [0.2, 0.25) is 5.02 Å². The molecule has 0 aliphatic carbocycles. The van der Waals surface area contributed by atoms with Crippen molar-refractivity contribution < 1.29 is 4.79 Å². The van der Waals surface area contributed by atoms with E-state index in [9.17, 15) is 9.59 Å². The zero-order valence-electron chi connectivity index (χ0n) is 18.9. The molecule has 0 fully saturated rings. The fourth-order valence-electron chi connectivity index (χ4n) is 3.62. The van der Waals surface area contributed by atoms with E-state index in [0.717, 1.165) is 16.8 Å². The van der Waals surface area contributed by atoms with Crippen LogP contribution < -0.4 is 10.9 Å². The topological polar surface area (TPSA) is 94.7 Å². The number of hydrogen-bond donors (Lipinski definition) is 1. The summed E-state index contributed by atoms with van der Waals surface area (Å²) in [6.07, 6.45) is 3.51. The van der Waals surface area contributed by atoms with E-state index in [0.29, 0.717) is 32.0 Å². The molecule has 10 heteroatoms. The second-order valence-corrected chi connectivity index (χ2v) is 9.24. The Morgan fingerprint density at radius 1 is 1.12 bits per heavy atom. The number of carbonyl (C=O) groups is 1. The zero-order valence-corrected chi connectivity index (χ0v) is 20.5. The fourth-order valence-corrected chi connectivity index (χ4v) is 4.81. The van der Waals surface area contributed by atoms with Crippen molar-refractivity contribution in [3.8, 4) is 10.6 Å². The molecule has 3 aromatic heterocycles. The summed E-state index contributed by atoms with van der Waals surface area (Å²) in [5.74, 6) is 0.391. The normalized spacial score (nSPS) is 12.1. The molecule has 1 aromatic carbocycles. The molecule has 0 saturated heterocycles. The molecule has 1 N–H and O–H groups in total. The molecule has 1 unspecified atom stereocenters. The molecule has 3 heterocycles. The molecule has 8 nitrogen and oxygen atoms in total. The lowest BCUT2D eigenvalue weighted by atomic mass is 10.1. The van der Waals surface area contributed by atoms with E-state index in [1.165, 1.54) is 16.0 Å². The standard InChI is InChI=1S/C23H23ClN6O2S/c1-12-13(2)28-30(5)23(32)17(12)22-26-14(3)19(33-22)21(31)27-18(20-25-10-11-29(20)4)15-6-8-16(24)9-7-15/h6-11,18H,1-5H3,(H,27,31). The third kappa shape index (κ3) is 4.34. The van der Waals surface area contributed by atoms with Gasteiger partial charge < -0.3 is 9.88 Å². The molecule has 0 aliphatic heterocycles. The molecule has 0 bridgehead atoms. The summed E-state index contributed by atoms with van der Waals surface area (Å²) >= 11 is 7.25. The number of hydrogen-bond acceptors (Lipinski definition) is 6. The van der Waals surface area contributed by atoms with Crippen molar-refractivity contribution in [1.82, 2.24) is 29.6 Å². The summed E-state index contributed by atoms with van der Waals surface area (Å²) in [5.41, 5.74) is 3.12. The van der Waals surface area contributed by atoms with Gasteiger partial charge in [-0.2, -0.15) is 5.10 Å². The van der Waals surface area contributed by atoms with Crippen molar-refractivity contribution in [3.63, 3.8) is 0 Å². The van der Waals surface area contributed by atoms with E-state index in [4.69, 9.17) is 11.6 Å². The Hall–Kier alpha value is -3.30. The third-order valence-electron chi connectivity index (χ3n) is 5.54. The summed E-state index contributed by atoms with van der Waals surface area (Å²) in [6, 6.07) is 6.79. The predicted molar refractivity (Wildman–Crippen MR) is 129 cm³/mol. The molecule has 1 amide bonds. The maximum absolute atomic E-state index is 13.4. The number of amides is 1. The smallest absolute Gasteiger partial charge is 0.277 e. The molecule has 33 heavy (non-hydrogen) atoms. The summed E-state index contributed by atoms with van der Waals surface area (Å²) in [5, 5.41) is 8.41. The molecular formula is C23H23ClN6O2S. The second-order valence-electron chi connectivity index (χ2n) is 7.80. The van der Waals surface area contributed by atoms with Crippen LogP contribution in [0.25, 0.3) is 10.6 Å². The van der Waals surface area contributed by atoms with Gasteiger partial charge in [0.15, 0.2) is 0 Å². The second kappa shape index (κ2) is 8.92. The lowest BCUT2D eigenvalue weighted by Gasteiger charge is -2.19. The molecule has 0 spiro atoms. The van der Waals surface area contributed by atoms with Gasteiger partial charge in [0, 0.05) is 31.5 Å². The average Bonchev–Trinajstić information content (AvgIpc) is 3.37. The van der Waals surface area contributed by atoms with E-state index < -0.39 is 6.04 Å². The number of carbonyl (C=O) groups excluding carboxylic acids is 1. The number of nitrogens with one attached hydrogen (secondary N) is 1. The molecule has 0 radical (unpaired) electrons. The van der Waals surface area contributed by atoms with Crippen LogP contribution in [0.3, 0.4) is 0 Å². The van der Waals surface area contributed by atoms with Crippen molar-refractivity contribution in [2.45, 2.75) is 26.8 Å². The number of thiazole rings is 1. The van der Waals surface area contributed by atoms with Crippen molar-refractivity contribution in [2.24, 2.45) is 14.1 Å². The first-order valence-electron chi connectivity index (χ1n) is 10.2. The highest BCUT2D eigenvalue weighted by atomic mass is 35.5. The molecular weight excluding hydrogens is 460 g/mol. The van der Waals surface area contributed by atoms with Crippen LogP contribution in [0.4, 0.5) is 0 Å². The van der Waals surface area contributed by atoms with Crippen molar-refractivity contribution in [2.75, 3.05) is 0 Å². The van der Waals surface area contributed by atoms with Crippen LogP contribution in [-0.2, 0) is 14.1 Å². The number of nitrogens with zero attached hydrogens (tertiary/aromatic N) is 5. The first-order valence-corrected chi connectivity index (χ1v) is 11.4. The number of benzene rings is 1. The Balaban J connectivity index is 1.73. The van der Waals surface area contributed by atoms with E-state index >= 15 is 0 Å². The van der Waals surface area contributed by atoms with Gasteiger partial charge >= 0.3 is 0 Å². The van der Waals surface area contributed by atoms with E-state index in [1.54, 1.807) is 32.3 Å². The lowest BCUT2D eigenvalue weighted by Crippen LogP contribution is -2.31. The van der Waals surface area contributed by atoms with Crippen molar-refractivity contribution in [3.05, 3.63) is 85.3 Å². The van der Waals surface area contributed by atoms with Gasteiger partial charge in [0.25, 0.3) is 11.5 Å². The number of rotatable bonds is 5. The summed E-state index contributed by atoms with van der Waals surface area (Å²) in [6.45, 7) is 5.45. The van der Waals surface area contributed by atoms with Crippen LogP contribution in [-0.4, -0.2) is 30.2 Å². The fraction of sp³-hybridized carbons (Fsp3) is 0.261. The van der Waals surface area contributed by atoms with Gasteiger partial charge in [-0.05, 0) is 44.0 Å². The third-order valence-corrected chi connectivity index (χ3v) is 6.96. The van der Waals surface area contributed by atoms with Crippen molar-refractivity contribution in [1.29, 1.82) is 0 Å². The van der Waals surface area contributed by atoms with Crippen LogP contribution >= 0.6 is 22.9 Å². The SMILES string of the molecule is Cc1nc(-c2c(C)c(C)nn(C)c2=O)sc1C(=O)NC(c1ccc(Cl)cc1)c1nccn1C. The van der Waals surface area contributed by atoms with Crippen LogP contribution in [0.15, 0.2) is 41.5 Å². The molecule has 4 aromatic rings. The van der Waals surface area contributed by atoms with Gasteiger partial charge in [0.2, 0.25) is 0 Å². The number of aryl methyl sites for hydroxylation is 4. The number of imidazole rings is 1. The monoisotopic (exact) mass is 482 g/mol. The summed E-state index contributed by atoms with van der Waals surface area (Å²) in [4.78, 5) is 35.6. The van der Waals surface area contributed by atoms with Crippen LogP contribution in [0, 0.1) is 20.8 Å². The summed E-state index contributed by atoms with van der Waals surface area (Å²) < 4.78 is 3.16. The molecule has 0 saturated carbocycles. The van der Waals surface area contributed by atoms with Gasteiger partial charge in [0.1, 0.15) is 21.8 Å². The first kappa shape index (κ1) is 22.9. The highest BCUT2D eigenvalue weighted by Crippen LogP contribution is 2.30. The van der Waals surface area contributed by atoms with Gasteiger partial charge in [-0.15, -0.1) is 11.3 Å². The van der Waals surface area contributed by atoms with E-state index in [1.807, 2.05) is 43.8 Å². The number of aromatic nitrogens is 5. The lowest BCUT2D eigenvalue weighted by molar-refractivity contribution is 0.0944. The minimum Gasteiger partial charge on any atom is -0.337 e. The minimum absolute atomic E-state index is 0.245. The van der Waals surface area contributed by atoms with Gasteiger partial charge in [-0.1, -0.05) is 23.7 Å². The van der Waals surface area contributed by atoms with Gasteiger partial charge in [-0.25, -0.2) is 14.6 Å². The maximum Gasteiger partial charge on any atom is 0.277 e. The number of halogens is 1. The average molecular weight is 483 g/mol. The van der Waals surface area contributed by atoms with E-state index in [2.05, 4.69) is 20.4 Å². The quantitative estimate of drug-likeness (QED) is 0.467. The Morgan fingerprint density at radius 2 is 1.82 bits per heavy atom. The minimum atomic E-state index is -0.488. The molecule has 4 rings (SSSR count). The largest absolute Gasteiger partial charge is 0.337 e. The highest BCUT2D eigenvalue weighted by molar-refractivity contribution is 7.17. The Morgan fingerprint density at radius 3 is 2.45 bits per heavy atom. The molecule has 0 aliphatic rings. The maximum atomic E-state index is 13.4. The van der Waals surface area contributed by atoms with Crippen LogP contribution in [0.1, 0.15) is 44.1 Å². The Bertz CT molecular complexity index is 1400. The van der Waals surface area contributed by atoms with Crippen LogP contribution in [0.5, 0.6) is 0 Å². The van der Waals surface area contributed by atoms with E-state index in [-0.39, 0.29) is 11.5 Å². The first-order chi connectivity index (χ1) is 15.7.